The van der Waals surface area contributed by atoms with Gasteiger partial charge in [-0.15, -0.1) is 0 Å². The first-order valence-electron chi connectivity index (χ1n) is 6.53. The fraction of sp³-hybridized carbons (Fsp3) is 0.533. The molecule has 0 atom stereocenters. The molecular weight excluding hydrogens is 244 g/mol. The number of rotatable bonds is 8. The van der Waals surface area contributed by atoms with Crippen LogP contribution < -0.4 is 4.74 Å². The first kappa shape index (κ1) is 15.1. The molecule has 0 aliphatic carbocycles. The molecule has 0 fully saturated rings. The van der Waals surface area contributed by atoms with E-state index in [-0.39, 0.29) is 5.78 Å². The average Bonchev–Trinajstić information content (AvgIpc) is 2.36. The van der Waals surface area contributed by atoms with E-state index in [0.717, 1.165) is 28.4 Å². The molecule has 100 valence electrons. The lowest BCUT2D eigenvalue weighted by atomic mass is 10.1. The molecule has 1 aromatic rings. The van der Waals surface area contributed by atoms with Crippen LogP contribution in [0.3, 0.4) is 0 Å². The van der Waals surface area contributed by atoms with E-state index < -0.39 is 0 Å². The Hall–Kier alpha value is -0.960. The summed E-state index contributed by atoms with van der Waals surface area (Å²) in [7, 11) is 0. The lowest BCUT2D eigenvalue weighted by molar-refractivity contribution is 0.101. The van der Waals surface area contributed by atoms with Crippen molar-refractivity contribution in [2.24, 2.45) is 0 Å². The number of carbonyl (C=O) groups excluding carboxylic acids is 1. The van der Waals surface area contributed by atoms with Crippen molar-refractivity contribution >= 4 is 17.5 Å². The average molecular weight is 266 g/mol. The van der Waals surface area contributed by atoms with Gasteiger partial charge < -0.3 is 4.74 Å². The Morgan fingerprint density at radius 2 is 2.11 bits per heavy atom. The van der Waals surface area contributed by atoms with E-state index in [1.165, 1.54) is 12.8 Å². The highest BCUT2D eigenvalue weighted by Crippen LogP contribution is 2.25. The third-order valence-corrected chi connectivity index (χ3v) is 3.76. The monoisotopic (exact) mass is 266 g/mol. The predicted octanol–water partition coefficient (Wildman–Crippen LogP) is 4.32. The van der Waals surface area contributed by atoms with Gasteiger partial charge in [0.2, 0.25) is 0 Å². The van der Waals surface area contributed by atoms with Gasteiger partial charge in [0, 0.05) is 16.9 Å². The van der Waals surface area contributed by atoms with E-state index in [0.29, 0.717) is 6.61 Å². The molecule has 18 heavy (non-hydrogen) atoms. The minimum absolute atomic E-state index is 0.109. The van der Waals surface area contributed by atoms with Gasteiger partial charge in [-0.05, 0) is 44.2 Å². The van der Waals surface area contributed by atoms with Crippen LogP contribution in [0.5, 0.6) is 5.75 Å². The van der Waals surface area contributed by atoms with Gasteiger partial charge in [-0.25, -0.2) is 0 Å². The van der Waals surface area contributed by atoms with E-state index >= 15 is 0 Å². The molecule has 0 N–H and O–H groups in total. The maximum atomic E-state index is 11.4. The first-order chi connectivity index (χ1) is 8.69. The molecule has 0 bridgehead atoms. The van der Waals surface area contributed by atoms with Gasteiger partial charge in [0.15, 0.2) is 5.78 Å². The summed E-state index contributed by atoms with van der Waals surface area (Å²) in [5, 5.41) is 0. The van der Waals surface area contributed by atoms with Crippen LogP contribution in [0.15, 0.2) is 18.2 Å². The number of Topliss-reactive ketones (excluding diaryl/α,β-unsaturated/α-hetero) is 1. The van der Waals surface area contributed by atoms with Crippen molar-refractivity contribution < 1.29 is 9.53 Å². The molecule has 2 nitrogen and oxygen atoms in total. The SMILES string of the molecule is CCCCSCc1cc(C(C)=O)ccc1OCC. The highest BCUT2D eigenvalue weighted by molar-refractivity contribution is 7.98. The van der Waals surface area contributed by atoms with Crippen LogP contribution in [0.4, 0.5) is 0 Å². The van der Waals surface area contributed by atoms with E-state index in [1.54, 1.807) is 6.92 Å². The van der Waals surface area contributed by atoms with Crippen LogP contribution >= 0.6 is 11.8 Å². The minimum Gasteiger partial charge on any atom is -0.494 e. The van der Waals surface area contributed by atoms with Gasteiger partial charge in [-0.2, -0.15) is 11.8 Å². The summed E-state index contributed by atoms with van der Waals surface area (Å²) < 4.78 is 5.60. The van der Waals surface area contributed by atoms with Gasteiger partial charge >= 0.3 is 0 Å². The number of carbonyl (C=O) groups is 1. The van der Waals surface area contributed by atoms with Crippen molar-refractivity contribution in [2.75, 3.05) is 12.4 Å². The van der Waals surface area contributed by atoms with Crippen molar-refractivity contribution in [3.63, 3.8) is 0 Å². The van der Waals surface area contributed by atoms with E-state index in [4.69, 9.17) is 4.74 Å². The molecule has 0 aliphatic heterocycles. The first-order valence-corrected chi connectivity index (χ1v) is 7.68. The highest BCUT2D eigenvalue weighted by atomic mass is 32.2. The van der Waals surface area contributed by atoms with Crippen LogP contribution in [0.25, 0.3) is 0 Å². The standard InChI is InChI=1S/C15H22O2S/c1-4-6-9-18-11-14-10-13(12(3)16)7-8-15(14)17-5-2/h7-8,10H,4-6,9,11H2,1-3H3. The second kappa shape index (κ2) is 8.20. The second-order valence-corrected chi connectivity index (χ2v) is 5.32. The summed E-state index contributed by atoms with van der Waals surface area (Å²) in [5.41, 5.74) is 1.90. The van der Waals surface area contributed by atoms with Crippen molar-refractivity contribution in [1.29, 1.82) is 0 Å². The Kier molecular flexibility index (Phi) is 6.88. The zero-order valence-electron chi connectivity index (χ0n) is 11.5. The molecule has 0 aromatic heterocycles. The van der Waals surface area contributed by atoms with Gasteiger partial charge in [0.1, 0.15) is 5.75 Å². The summed E-state index contributed by atoms with van der Waals surface area (Å²) in [6.45, 7) is 6.44. The zero-order chi connectivity index (χ0) is 13.4. The smallest absolute Gasteiger partial charge is 0.159 e. The lowest BCUT2D eigenvalue weighted by Gasteiger charge is -2.11. The molecule has 0 saturated heterocycles. The van der Waals surface area contributed by atoms with Gasteiger partial charge in [0.25, 0.3) is 0 Å². The van der Waals surface area contributed by atoms with Crippen molar-refractivity contribution in [1.82, 2.24) is 0 Å². The van der Waals surface area contributed by atoms with Crippen LogP contribution in [0.1, 0.15) is 49.5 Å². The number of benzene rings is 1. The molecular formula is C15H22O2S. The highest BCUT2D eigenvalue weighted by Gasteiger charge is 2.07. The Labute approximate surface area is 114 Å². The number of thioether (sulfide) groups is 1. The molecule has 0 radical (unpaired) electrons. The molecule has 3 heteroatoms. The maximum Gasteiger partial charge on any atom is 0.159 e. The lowest BCUT2D eigenvalue weighted by Crippen LogP contribution is -1.99. The molecule has 1 rings (SSSR count). The third-order valence-electron chi connectivity index (χ3n) is 2.67. The third kappa shape index (κ3) is 4.73. The van der Waals surface area contributed by atoms with Crippen LogP contribution in [-0.4, -0.2) is 18.1 Å². The number of ether oxygens (including phenoxy) is 1. The van der Waals surface area contributed by atoms with E-state index in [1.807, 2.05) is 36.9 Å². The Morgan fingerprint density at radius 3 is 2.72 bits per heavy atom. The summed E-state index contributed by atoms with van der Waals surface area (Å²) in [6.07, 6.45) is 2.46. The summed E-state index contributed by atoms with van der Waals surface area (Å²) in [5.74, 6) is 3.09. The van der Waals surface area contributed by atoms with Crippen molar-refractivity contribution in [3.05, 3.63) is 29.3 Å². The maximum absolute atomic E-state index is 11.4. The van der Waals surface area contributed by atoms with E-state index in [9.17, 15) is 4.79 Å². The van der Waals surface area contributed by atoms with E-state index in [2.05, 4.69) is 6.92 Å². The number of ketones is 1. The number of unbranched alkanes of at least 4 members (excludes halogenated alkanes) is 1. The second-order valence-electron chi connectivity index (χ2n) is 4.22. The van der Waals surface area contributed by atoms with Gasteiger partial charge in [-0.1, -0.05) is 13.3 Å². The summed E-state index contributed by atoms with van der Waals surface area (Å²) in [6, 6.07) is 5.72. The van der Waals surface area contributed by atoms with Crippen molar-refractivity contribution in [2.45, 2.75) is 39.4 Å². The summed E-state index contributed by atoms with van der Waals surface area (Å²) >= 11 is 1.90. The van der Waals surface area contributed by atoms with Crippen LogP contribution in [0, 0.1) is 0 Å². The fourth-order valence-electron chi connectivity index (χ4n) is 1.64. The molecule has 0 amide bonds. The largest absolute Gasteiger partial charge is 0.494 e. The Balaban J connectivity index is 2.75. The molecule has 1 aromatic carbocycles. The predicted molar refractivity (Wildman–Crippen MR) is 78.7 cm³/mol. The normalized spacial score (nSPS) is 10.4. The molecule has 0 saturated carbocycles. The molecule has 0 aliphatic rings. The quantitative estimate of drug-likeness (QED) is 0.518. The van der Waals surface area contributed by atoms with Crippen LogP contribution in [-0.2, 0) is 5.75 Å². The topological polar surface area (TPSA) is 26.3 Å². The zero-order valence-corrected chi connectivity index (χ0v) is 12.3. The molecule has 0 heterocycles. The fourth-order valence-corrected chi connectivity index (χ4v) is 2.72. The summed E-state index contributed by atoms with van der Waals surface area (Å²) in [4.78, 5) is 11.4. The van der Waals surface area contributed by atoms with Crippen LogP contribution in [0.2, 0.25) is 0 Å². The number of hydrogen-bond donors (Lipinski definition) is 0. The molecule has 0 spiro atoms. The van der Waals surface area contributed by atoms with Crippen molar-refractivity contribution in [3.8, 4) is 5.75 Å². The Morgan fingerprint density at radius 1 is 1.33 bits per heavy atom. The van der Waals surface area contributed by atoms with Gasteiger partial charge in [0.05, 0.1) is 6.61 Å². The minimum atomic E-state index is 0.109. The Bertz CT molecular complexity index is 388. The molecule has 0 unspecified atom stereocenters. The number of hydrogen-bond acceptors (Lipinski definition) is 3. The van der Waals surface area contributed by atoms with Gasteiger partial charge in [-0.3, -0.25) is 4.79 Å².